The Kier molecular flexibility index (Phi) is 4.50. The van der Waals surface area contributed by atoms with Gasteiger partial charge < -0.3 is 10.1 Å². The highest BCUT2D eigenvalue weighted by Gasteiger charge is 2.14. The van der Waals surface area contributed by atoms with E-state index in [-0.39, 0.29) is 6.04 Å². The molecule has 0 saturated carbocycles. The minimum Gasteiger partial charge on any atom is -0.385 e. The van der Waals surface area contributed by atoms with Gasteiger partial charge in [0.15, 0.2) is 5.65 Å². The number of rotatable bonds is 6. The first-order chi connectivity index (χ1) is 10.8. The van der Waals surface area contributed by atoms with E-state index in [1.54, 1.807) is 13.3 Å². The van der Waals surface area contributed by atoms with Crippen LogP contribution in [0.1, 0.15) is 18.0 Å². The highest BCUT2D eigenvalue weighted by atomic mass is 35.5. The van der Waals surface area contributed by atoms with Gasteiger partial charge in [0.2, 0.25) is 0 Å². The van der Waals surface area contributed by atoms with Crippen molar-refractivity contribution in [3.05, 3.63) is 47.4 Å². The molecule has 6 nitrogen and oxygen atoms in total. The molecule has 0 spiro atoms. The molecule has 0 radical (unpaired) electrons. The average Bonchev–Trinajstić information content (AvgIpc) is 3.02. The summed E-state index contributed by atoms with van der Waals surface area (Å²) in [5, 5.41) is 11.9. The quantitative estimate of drug-likeness (QED) is 0.730. The number of benzene rings is 1. The van der Waals surface area contributed by atoms with E-state index < -0.39 is 0 Å². The van der Waals surface area contributed by atoms with Crippen molar-refractivity contribution in [2.24, 2.45) is 0 Å². The first-order valence-corrected chi connectivity index (χ1v) is 7.30. The summed E-state index contributed by atoms with van der Waals surface area (Å²) in [6, 6.07) is 7.83. The summed E-state index contributed by atoms with van der Waals surface area (Å²) >= 11 is 5.97. The van der Waals surface area contributed by atoms with Gasteiger partial charge in [-0.15, -0.1) is 0 Å². The van der Waals surface area contributed by atoms with Gasteiger partial charge in [0.25, 0.3) is 0 Å². The molecular formula is C15H16ClN5O. The lowest BCUT2D eigenvalue weighted by molar-refractivity contribution is 0.190. The summed E-state index contributed by atoms with van der Waals surface area (Å²) in [5.74, 6) is 0.745. The molecule has 0 fully saturated rings. The number of nitrogens with one attached hydrogen (secondary N) is 2. The molecule has 0 aliphatic rings. The predicted molar refractivity (Wildman–Crippen MR) is 86.0 cm³/mol. The van der Waals surface area contributed by atoms with Crippen molar-refractivity contribution in [1.29, 1.82) is 0 Å². The third kappa shape index (κ3) is 3.18. The van der Waals surface area contributed by atoms with Crippen molar-refractivity contribution in [3.63, 3.8) is 0 Å². The van der Waals surface area contributed by atoms with Crippen LogP contribution in [0, 0.1) is 0 Å². The molecule has 3 aromatic rings. The molecule has 0 amide bonds. The Hall–Kier alpha value is -2.18. The second-order valence-corrected chi connectivity index (χ2v) is 5.32. The fourth-order valence-electron chi connectivity index (χ4n) is 2.30. The van der Waals surface area contributed by atoms with Gasteiger partial charge in [-0.1, -0.05) is 23.7 Å². The maximum atomic E-state index is 5.97. The second-order valence-electron chi connectivity index (χ2n) is 4.88. The molecule has 22 heavy (non-hydrogen) atoms. The van der Waals surface area contributed by atoms with E-state index in [0.717, 1.165) is 23.2 Å². The number of aromatic amines is 1. The third-order valence-corrected chi connectivity index (χ3v) is 3.69. The molecule has 114 valence electrons. The van der Waals surface area contributed by atoms with Crippen molar-refractivity contribution in [2.45, 2.75) is 12.5 Å². The molecular weight excluding hydrogens is 302 g/mol. The van der Waals surface area contributed by atoms with Gasteiger partial charge in [-0.05, 0) is 24.1 Å². The number of nitrogens with zero attached hydrogens (tertiary/aromatic N) is 3. The van der Waals surface area contributed by atoms with E-state index in [2.05, 4.69) is 25.5 Å². The Labute approximate surface area is 132 Å². The summed E-state index contributed by atoms with van der Waals surface area (Å²) in [6.45, 7) is 0.639. The Morgan fingerprint density at radius 1 is 1.27 bits per heavy atom. The first kappa shape index (κ1) is 14.7. The number of hydrogen-bond donors (Lipinski definition) is 2. The van der Waals surface area contributed by atoms with Crippen molar-refractivity contribution >= 4 is 28.5 Å². The topological polar surface area (TPSA) is 75.7 Å². The van der Waals surface area contributed by atoms with Crippen LogP contribution in [0.3, 0.4) is 0 Å². The minimum absolute atomic E-state index is 0.0604. The molecule has 0 aliphatic heterocycles. The smallest absolute Gasteiger partial charge is 0.160 e. The van der Waals surface area contributed by atoms with Crippen LogP contribution in [-0.4, -0.2) is 33.9 Å². The molecule has 3 rings (SSSR count). The fraction of sp³-hybridized carbons (Fsp3) is 0.267. The van der Waals surface area contributed by atoms with Crippen LogP contribution in [0.4, 0.5) is 5.82 Å². The van der Waals surface area contributed by atoms with Gasteiger partial charge in [0.1, 0.15) is 12.1 Å². The van der Waals surface area contributed by atoms with E-state index in [4.69, 9.17) is 16.3 Å². The van der Waals surface area contributed by atoms with E-state index in [9.17, 15) is 0 Å². The Morgan fingerprint density at radius 3 is 2.86 bits per heavy atom. The molecule has 1 aromatic carbocycles. The van der Waals surface area contributed by atoms with Crippen molar-refractivity contribution in [1.82, 2.24) is 20.2 Å². The number of ether oxygens (including phenoxy) is 1. The minimum atomic E-state index is 0.0604. The van der Waals surface area contributed by atoms with E-state index in [1.807, 2.05) is 24.3 Å². The van der Waals surface area contributed by atoms with Crippen LogP contribution in [0.5, 0.6) is 0 Å². The number of fused-ring (bicyclic) bond motifs is 1. The fourth-order valence-corrected chi connectivity index (χ4v) is 2.42. The van der Waals surface area contributed by atoms with Gasteiger partial charge >= 0.3 is 0 Å². The number of halogens is 1. The Bertz CT molecular complexity index is 743. The largest absolute Gasteiger partial charge is 0.385 e. The zero-order valence-corrected chi connectivity index (χ0v) is 12.8. The standard InChI is InChI=1S/C15H16ClN5O/c1-22-7-6-13(10-2-4-11(16)5-3-10)20-14-12-8-19-21-15(12)18-9-17-14/h2-5,8-9,13H,6-7H2,1H3,(H2,17,18,19,20,21). The maximum absolute atomic E-state index is 5.97. The maximum Gasteiger partial charge on any atom is 0.160 e. The zero-order chi connectivity index (χ0) is 15.4. The Morgan fingerprint density at radius 2 is 2.09 bits per heavy atom. The van der Waals surface area contributed by atoms with E-state index in [1.165, 1.54) is 6.33 Å². The van der Waals surface area contributed by atoms with Crippen LogP contribution in [0.15, 0.2) is 36.8 Å². The average molecular weight is 318 g/mol. The number of H-pyrrole nitrogens is 1. The number of methoxy groups -OCH3 is 1. The number of anilines is 1. The summed E-state index contributed by atoms with van der Waals surface area (Å²) in [5.41, 5.74) is 1.83. The summed E-state index contributed by atoms with van der Waals surface area (Å²) in [7, 11) is 1.69. The second kappa shape index (κ2) is 6.72. The molecule has 1 atom stereocenters. The lowest BCUT2D eigenvalue weighted by Crippen LogP contribution is -2.14. The first-order valence-electron chi connectivity index (χ1n) is 6.93. The lowest BCUT2D eigenvalue weighted by Gasteiger charge is -2.20. The van der Waals surface area contributed by atoms with Crippen LogP contribution >= 0.6 is 11.6 Å². The molecule has 1 unspecified atom stereocenters. The van der Waals surface area contributed by atoms with Gasteiger partial charge in [-0.25, -0.2) is 9.97 Å². The van der Waals surface area contributed by atoms with Crippen LogP contribution < -0.4 is 5.32 Å². The highest BCUT2D eigenvalue weighted by Crippen LogP contribution is 2.26. The van der Waals surface area contributed by atoms with Crippen LogP contribution in [0.2, 0.25) is 5.02 Å². The third-order valence-electron chi connectivity index (χ3n) is 3.44. The predicted octanol–water partition coefficient (Wildman–Crippen LogP) is 3.20. The normalized spacial score (nSPS) is 12.5. The summed E-state index contributed by atoms with van der Waals surface area (Å²) < 4.78 is 5.21. The van der Waals surface area contributed by atoms with Gasteiger partial charge in [-0.2, -0.15) is 5.10 Å². The van der Waals surface area contributed by atoms with Crippen LogP contribution in [0.25, 0.3) is 11.0 Å². The highest BCUT2D eigenvalue weighted by molar-refractivity contribution is 6.30. The number of aromatic nitrogens is 4. The van der Waals surface area contributed by atoms with Crippen molar-refractivity contribution in [2.75, 3.05) is 19.0 Å². The molecule has 2 heterocycles. The van der Waals surface area contributed by atoms with Gasteiger partial charge in [0.05, 0.1) is 17.6 Å². The van der Waals surface area contributed by atoms with E-state index in [0.29, 0.717) is 17.3 Å². The van der Waals surface area contributed by atoms with Gasteiger partial charge in [0, 0.05) is 18.7 Å². The summed E-state index contributed by atoms with van der Waals surface area (Å²) in [4.78, 5) is 8.47. The molecule has 7 heteroatoms. The molecule has 0 saturated heterocycles. The van der Waals surface area contributed by atoms with Crippen LogP contribution in [-0.2, 0) is 4.74 Å². The monoisotopic (exact) mass is 317 g/mol. The summed E-state index contributed by atoms with van der Waals surface area (Å²) in [6.07, 6.45) is 4.03. The van der Waals surface area contributed by atoms with Crippen molar-refractivity contribution < 1.29 is 4.74 Å². The lowest BCUT2D eigenvalue weighted by atomic mass is 10.0. The Balaban J connectivity index is 1.89. The molecule has 2 aromatic heterocycles. The molecule has 0 bridgehead atoms. The van der Waals surface area contributed by atoms with Crippen molar-refractivity contribution in [3.8, 4) is 0 Å². The molecule has 0 aliphatic carbocycles. The number of hydrogen-bond acceptors (Lipinski definition) is 5. The SMILES string of the molecule is COCCC(Nc1ncnc2[nH]ncc12)c1ccc(Cl)cc1. The zero-order valence-electron chi connectivity index (χ0n) is 12.1. The van der Waals surface area contributed by atoms with Gasteiger partial charge in [-0.3, -0.25) is 5.10 Å². The molecule has 2 N–H and O–H groups in total. The van der Waals surface area contributed by atoms with E-state index >= 15 is 0 Å².